The van der Waals surface area contributed by atoms with Gasteiger partial charge in [0.25, 0.3) is 0 Å². The maximum absolute atomic E-state index is 11.0. The van der Waals surface area contributed by atoms with E-state index in [-0.39, 0.29) is 18.9 Å². The van der Waals surface area contributed by atoms with E-state index >= 15 is 0 Å². The highest BCUT2D eigenvalue weighted by molar-refractivity contribution is 5.88. The summed E-state index contributed by atoms with van der Waals surface area (Å²) < 4.78 is 4.74. The highest BCUT2D eigenvalue weighted by Gasteiger charge is 2.11. The molecule has 0 aliphatic heterocycles. The van der Waals surface area contributed by atoms with Crippen molar-refractivity contribution in [1.29, 1.82) is 5.26 Å². The van der Waals surface area contributed by atoms with Crippen LogP contribution in [0.15, 0.2) is 12.2 Å². The normalized spacial score (nSPS) is 9.17. The van der Waals surface area contributed by atoms with E-state index in [2.05, 4.69) is 6.58 Å². The minimum Gasteiger partial charge on any atom is -0.461 e. The second-order valence-corrected chi connectivity index (χ2v) is 2.72. The van der Waals surface area contributed by atoms with Gasteiger partial charge in [-0.2, -0.15) is 5.26 Å². The Kier molecular flexibility index (Phi) is 4.78. The molecule has 0 spiro atoms. The molecule has 0 unspecified atom stereocenters. The molecule has 12 heavy (non-hydrogen) atoms. The summed E-state index contributed by atoms with van der Waals surface area (Å²) in [4.78, 5) is 11.0. The molecule has 0 rings (SSSR count). The van der Waals surface area contributed by atoms with Gasteiger partial charge in [-0.05, 0) is 5.92 Å². The van der Waals surface area contributed by atoms with E-state index in [9.17, 15) is 4.79 Å². The van der Waals surface area contributed by atoms with Crippen LogP contribution in [0.2, 0.25) is 0 Å². The third kappa shape index (κ3) is 3.77. The smallest absolute Gasteiger partial charge is 0.333 e. The summed E-state index contributed by atoms with van der Waals surface area (Å²) in [6.45, 7) is 7.47. The second-order valence-electron chi connectivity index (χ2n) is 2.72. The van der Waals surface area contributed by atoms with E-state index in [4.69, 9.17) is 10.00 Å². The predicted molar refractivity (Wildman–Crippen MR) is 45.2 cm³/mol. The van der Waals surface area contributed by atoms with Crippen molar-refractivity contribution in [3.8, 4) is 6.07 Å². The molecule has 0 aromatic carbocycles. The van der Waals surface area contributed by atoms with E-state index < -0.39 is 5.97 Å². The minimum absolute atomic E-state index is 0.0968. The van der Waals surface area contributed by atoms with Crippen molar-refractivity contribution < 1.29 is 9.53 Å². The molecule has 0 saturated carbocycles. The van der Waals surface area contributed by atoms with Gasteiger partial charge in [0, 0.05) is 5.57 Å². The molecule has 0 atom stereocenters. The topological polar surface area (TPSA) is 50.1 Å². The lowest BCUT2D eigenvalue weighted by Gasteiger charge is -2.07. The third-order valence-corrected chi connectivity index (χ3v) is 1.41. The lowest BCUT2D eigenvalue weighted by atomic mass is 10.1. The molecule has 3 heteroatoms. The van der Waals surface area contributed by atoms with Gasteiger partial charge >= 0.3 is 5.97 Å². The predicted octanol–water partition coefficient (Wildman–Crippen LogP) is 1.66. The highest BCUT2D eigenvalue weighted by Crippen LogP contribution is 2.08. The third-order valence-electron chi connectivity index (χ3n) is 1.41. The number of hydrogen-bond donors (Lipinski definition) is 0. The molecule has 0 bridgehead atoms. The number of rotatable bonds is 4. The molecule has 0 aliphatic carbocycles. The number of hydrogen-bond acceptors (Lipinski definition) is 3. The summed E-state index contributed by atoms with van der Waals surface area (Å²) in [5, 5.41) is 8.16. The molecule has 3 nitrogen and oxygen atoms in total. The summed E-state index contributed by atoms with van der Waals surface area (Å²) >= 11 is 0. The molecule has 0 amide bonds. The van der Waals surface area contributed by atoms with E-state index in [1.54, 1.807) is 0 Å². The summed E-state index contributed by atoms with van der Waals surface area (Å²) in [6.07, 6.45) is 0.233. The van der Waals surface area contributed by atoms with Crippen LogP contribution in [0.4, 0.5) is 0 Å². The Balaban J connectivity index is 3.75. The highest BCUT2D eigenvalue weighted by atomic mass is 16.5. The molecule has 0 aromatic rings. The van der Waals surface area contributed by atoms with E-state index in [1.807, 2.05) is 19.9 Å². The molecule has 0 N–H and O–H groups in total. The molecule has 0 heterocycles. The quantitative estimate of drug-likeness (QED) is 0.363. The zero-order valence-electron chi connectivity index (χ0n) is 7.46. The fourth-order valence-corrected chi connectivity index (χ4v) is 0.518. The maximum atomic E-state index is 11.0. The van der Waals surface area contributed by atoms with Crippen LogP contribution in [0, 0.1) is 17.2 Å². The number of nitriles is 1. The van der Waals surface area contributed by atoms with Gasteiger partial charge in [-0.25, -0.2) is 4.79 Å². The van der Waals surface area contributed by atoms with Crippen LogP contribution in [0.3, 0.4) is 0 Å². The van der Waals surface area contributed by atoms with Crippen LogP contribution in [-0.4, -0.2) is 12.6 Å². The molecule has 66 valence electrons. The number of carbonyl (C=O) groups excluding carboxylic acids is 1. The van der Waals surface area contributed by atoms with Gasteiger partial charge < -0.3 is 4.74 Å². The van der Waals surface area contributed by atoms with Gasteiger partial charge in [-0.15, -0.1) is 0 Å². The van der Waals surface area contributed by atoms with Crippen LogP contribution in [-0.2, 0) is 9.53 Å². The average molecular weight is 167 g/mol. The van der Waals surface area contributed by atoms with Crippen LogP contribution < -0.4 is 0 Å². The fraction of sp³-hybridized carbons (Fsp3) is 0.556. The van der Waals surface area contributed by atoms with Crippen molar-refractivity contribution >= 4 is 5.97 Å². The van der Waals surface area contributed by atoms with Crippen molar-refractivity contribution in [2.24, 2.45) is 5.92 Å². The summed E-state index contributed by atoms with van der Waals surface area (Å²) in [5.74, 6) is -0.306. The van der Waals surface area contributed by atoms with E-state index in [0.717, 1.165) is 0 Å². The molecular weight excluding hydrogens is 154 g/mol. The van der Waals surface area contributed by atoms with Gasteiger partial charge in [0.15, 0.2) is 0 Å². The van der Waals surface area contributed by atoms with Crippen LogP contribution in [0.5, 0.6) is 0 Å². The first-order valence-electron chi connectivity index (χ1n) is 3.82. The monoisotopic (exact) mass is 167 g/mol. The van der Waals surface area contributed by atoms with Crippen molar-refractivity contribution in [1.82, 2.24) is 0 Å². The standard InChI is InChI=1S/C9H13NO2/c1-7(2)8(3)9(11)12-6-4-5-10/h7H,3-4,6H2,1-2H3. The van der Waals surface area contributed by atoms with Gasteiger partial charge in [0.1, 0.15) is 6.61 Å². The Morgan fingerprint density at radius 1 is 1.67 bits per heavy atom. The minimum atomic E-state index is -0.403. The first-order valence-corrected chi connectivity index (χ1v) is 3.82. The number of nitrogens with zero attached hydrogens (tertiary/aromatic N) is 1. The second kappa shape index (κ2) is 5.36. The Bertz CT molecular complexity index is 213. The van der Waals surface area contributed by atoms with E-state index in [0.29, 0.717) is 5.57 Å². The van der Waals surface area contributed by atoms with Crippen molar-refractivity contribution in [2.45, 2.75) is 20.3 Å². The van der Waals surface area contributed by atoms with Gasteiger partial charge in [0.05, 0.1) is 12.5 Å². The molecule has 0 radical (unpaired) electrons. The van der Waals surface area contributed by atoms with Crippen molar-refractivity contribution in [3.05, 3.63) is 12.2 Å². The summed E-state index contributed by atoms with van der Waals surface area (Å²) in [6, 6.07) is 1.88. The largest absolute Gasteiger partial charge is 0.461 e. The molecule has 0 saturated heterocycles. The molecular formula is C9H13NO2. The lowest BCUT2D eigenvalue weighted by Crippen LogP contribution is -2.11. The Morgan fingerprint density at radius 3 is 2.67 bits per heavy atom. The Labute approximate surface area is 72.6 Å². The first-order chi connectivity index (χ1) is 5.59. The Morgan fingerprint density at radius 2 is 2.25 bits per heavy atom. The number of ether oxygens (including phenoxy) is 1. The van der Waals surface area contributed by atoms with Gasteiger partial charge in [-0.3, -0.25) is 0 Å². The average Bonchev–Trinajstić information content (AvgIpc) is 2.03. The van der Waals surface area contributed by atoms with Crippen LogP contribution in [0.25, 0.3) is 0 Å². The number of carbonyl (C=O) groups is 1. The molecule has 0 aromatic heterocycles. The molecule has 0 aliphatic rings. The summed E-state index contributed by atoms with van der Waals surface area (Å²) in [7, 11) is 0. The van der Waals surface area contributed by atoms with Gasteiger partial charge in [-0.1, -0.05) is 20.4 Å². The van der Waals surface area contributed by atoms with Crippen molar-refractivity contribution in [2.75, 3.05) is 6.61 Å². The fourth-order valence-electron chi connectivity index (χ4n) is 0.518. The van der Waals surface area contributed by atoms with E-state index in [1.165, 1.54) is 0 Å². The zero-order chi connectivity index (χ0) is 9.56. The first kappa shape index (κ1) is 10.7. The van der Waals surface area contributed by atoms with Crippen LogP contribution >= 0.6 is 0 Å². The Hall–Kier alpha value is -1.30. The van der Waals surface area contributed by atoms with Crippen LogP contribution in [0.1, 0.15) is 20.3 Å². The number of esters is 1. The van der Waals surface area contributed by atoms with Gasteiger partial charge in [0.2, 0.25) is 0 Å². The SMILES string of the molecule is C=C(C(=O)OCCC#N)C(C)C. The zero-order valence-corrected chi connectivity index (χ0v) is 7.46. The van der Waals surface area contributed by atoms with Crippen molar-refractivity contribution in [3.63, 3.8) is 0 Å². The lowest BCUT2D eigenvalue weighted by molar-refractivity contribution is -0.139. The molecule has 0 fully saturated rings. The summed E-state index contributed by atoms with van der Waals surface area (Å²) in [5.41, 5.74) is 0.452. The maximum Gasteiger partial charge on any atom is 0.333 e.